The molecule has 1 aliphatic heterocycles. The Labute approximate surface area is 106 Å². The van der Waals surface area contributed by atoms with E-state index in [0.717, 1.165) is 25.7 Å². The van der Waals surface area contributed by atoms with Crippen molar-refractivity contribution >= 4 is 17.8 Å². The van der Waals surface area contributed by atoms with Gasteiger partial charge in [-0.1, -0.05) is 12.8 Å². The van der Waals surface area contributed by atoms with Gasteiger partial charge in [-0.25, -0.2) is 0 Å². The average molecular weight is 256 g/mol. The quantitative estimate of drug-likeness (QED) is 0.744. The van der Waals surface area contributed by atoms with Crippen molar-refractivity contribution in [1.82, 2.24) is 10.2 Å². The van der Waals surface area contributed by atoms with Gasteiger partial charge in [-0.2, -0.15) is 0 Å². The van der Waals surface area contributed by atoms with Crippen LogP contribution in [-0.4, -0.2) is 47.4 Å². The number of nitrogens with zero attached hydrogens (tertiary/aromatic N) is 1. The molecule has 0 aromatic carbocycles. The summed E-state index contributed by atoms with van der Waals surface area (Å²) in [4.78, 5) is 35.1. The van der Waals surface area contributed by atoms with Crippen LogP contribution >= 0.6 is 0 Å². The third-order valence-corrected chi connectivity index (χ3v) is 2.92. The zero-order valence-corrected chi connectivity index (χ0v) is 10.5. The van der Waals surface area contributed by atoms with Gasteiger partial charge >= 0.3 is 5.97 Å². The number of likely N-dealkylation sites (tertiary alicyclic amines) is 1. The summed E-state index contributed by atoms with van der Waals surface area (Å²) in [6.07, 6.45) is 4.38. The van der Waals surface area contributed by atoms with Crippen LogP contribution in [0.2, 0.25) is 0 Å². The number of hydrogen-bond donors (Lipinski definition) is 2. The van der Waals surface area contributed by atoms with E-state index in [4.69, 9.17) is 5.11 Å². The minimum atomic E-state index is -0.947. The Morgan fingerprint density at radius 3 is 2.67 bits per heavy atom. The van der Waals surface area contributed by atoms with Crippen LogP contribution in [0.3, 0.4) is 0 Å². The van der Waals surface area contributed by atoms with Crippen molar-refractivity contribution in [3.05, 3.63) is 0 Å². The van der Waals surface area contributed by atoms with E-state index in [-0.39, 0.29) is 31.3 Å². The van der Waals surface area contributed by atoms with Crippen LogP contribution in [0.1, 0.15) is 38.5 Å². The van der Waals surface area contributed by atoms with Crippen LogP contribution in [0.5, 0.6) is 0 Å². The van der Waals surface area contributed by atoms with E-state index in [9.17, 15) is 14.4 Å². The normalized spacial score (nSPS) is 16.9. The lowest BCUT2D eigenvalue weighted by Gasteiger charge is -2.24. The molecule has 1 saturated heterocycles. The second-order valence-electron chi connectivity index (χ2n) is 4.47. The predicted octanol–water partition coefficient (Wildman–Crippen LogP) is 0.370. The van der Waals surface area contributed by atoms with Gasteiger partial charge in [0.25, 0.3) is 0 Å². The Balaban J connectivity index is 2.31. The lowest BCUT2D eigenvalue weighted by atomic mass is 10.1. The van der Waals surface area contributed by atoms with Gasteiger partial charge < -0.3 is 15.3 Å². The molecule has 1 rings (SSSR count). The van der Waals surface area contributed by atoms with Gasteiger partial charge in [0, 0.05) is 19.5 Å². The van der Waals surface area contributed by atoms with E-state index >= 15 is 0 Å². The molecule has 2 N–H and O–H groups in total. The van der Waals surface area contributed by atoms with Crippen LogP contribution in [0.4, 0.5) is 0 Å². The summed E-state index contributed by atoms with van der Waals surface area (Å²) in [6.45, 7) is 0.764. The highest BCUT2D eigenvalue weighted by atomic mass is 16.4. The Bertz CT molecular complexity index is 317. The number of hydrogen-bond acceptors (Lipinski definition) is 3. The van der Waals surface area contributed by atoms with Crippen LogP contribution in [0, 0.1) is 0 Å². The summed E-state index contributed by atoms with van der Waals surface area (Å²) in [5.74, 6) is -1.22. The molecule has 0 aromatic rings. The van der Waals surface area contributed by atoms with E-state index in [2.05, 4.69) is 5.32 Å². The van der Waals surface area contributed by atoms with Crippen LogP contribution < -0.4 is 5.32 Å². The van der Waals surface area contributed by atoms with Crippen molar-refractivity contribution < 1.29 is 19.5 Å². The first-order valence-electron chi connectivity index (χ1n) is 6.36. The van der Waals surface area contributed by atoms with Gasteiger partial charge in [-0.15, -0.1) is 0 Å². The fraction of sp³-hybridized carbons (Fsp3) is 0.750. The number of rotatable bonds is 5. The van der Waals surface area contributed by atoms with Crippen molar-refractivity contribution in [1.29, 1.82) is 0 Å². The fourth-order valence-electron chi connectivity index (χ4n) is 1.92. The zero-order valence-electron chi connectivity index (χ0n) is 10.5. The first kappa shape index (κ1) is 14.5. The molecule has 0 saturated carbocycles. The van der Waals surface area contributed by atoms with Gasteiger partial charge in [0.15, 0.2) is 0 Å². The van der Waals surface area contributed by atoms with Crippen LogP contribution in [0.15, 0.2) is 0 Å². The number of carbonyl (C=O) groups excluding carboxylic acids is 2. The molecule has 1 aliphatic rings. The second kappa shape index (κ2) is 7.68. The predicted molar refractivity (Wildman–Crippen MR) is 64.9 cm³/mol. The highest BCUT2D eigenvalue weighted by Crippen LogP contribution is 2.11. The summed E-state index contributed by atoms with van der Waals surface area (Å²) < 4.78 is 0. The smallest absolute Gasteiger partial charge is 0.305 e. The molecule has 0 atom stereocenters. The largest absolute Gasteiger partial charge is 0.481 e. The molecule has 18 heavy (non-hydrogen) atoms. The molecule has 0 bridgehead atoms. The maximum absolute atomic E-state index is 11.7. The van der Waals surface area contributed by atoms with Crippen molar-refractivity contribution in [2.24, 2.45) is 0 Å². The van der Waals surface area contributed by atoms with Crippen molar-refractivity contribution in [3.63, 3.8) is 0 Å². The lowest BCUT2D eigenvalue weighted by molar-refractivity contribution is -0.138. The molecular formula is C12H20N2O4. The van der Waals surface area contributed by atoms with Crippen molar-refractivity contribution in [2.45, 2.75) is 38.5 Å². The highest BCUT2D eigenvalue weighted by molar-refractivity contribution is 5.85. The van der Waals surface area contributed by atoms with Gasteiger partial charge in [-0.3, -0.25) is 14.4 Å². The molecule has 0 spiro atoms. The molecule has 2 amide bonds. The topological polar surface area (TPSA) is 86.7 Å². The molecule has 0 aromatic heterocycles. The molecular weight excluding hydrogens is 236 g/mol. The molecule has 6 nitrogen and oxygen atoms in total. The Morgan fingerprint density at radius 1 is 1.22 bits per heavy atom. The molecule has 0 unspecified atom stereocenters. The minimum absolute atomic E-state index is 0.0167. The Morgan fingerprint density at radius 2 is 1.94 bits per heavy atom. The van der Waals surface area contributed by atoms with Gasteiger partial charge in [0.2, 0.25) is 11.8 Å². The number of amides is 2. The molecule has 0 aliphatic carbocycles. The molecule has 102 valence electrons. The first-order chi connectivity index (χ1) is 8.59. The summed E-state index contributed by atoms with van der Waals surface area (Å²) >= 11 is 0. The Hall–Kier alpha value is -1.59. The summed E-state index contributed by atoms with van der Waals surface area (Å²) in [5.41, 5.74) is 0. The minimum Gasteiger partial charge on any atom is -0.481 e. The van der Waals surface area contributed by atoms with E-state index in [1.807, 2.05) is 0 Å². The number of carboxylic acid groups (broad SMARTS) is 1. The third-order valence-electron chi connectivity index (χ3n) is 2.92. The van der Waals surface area contributed by atoms with E-state index in [0.29, 0.717) is 13.0 Å². The maximum atomic E-state index is 11.7. The number of carboxylic acids is 1. The number of aliphatic carboxylic acids is 1. The van der Waals surface area contributed by atoms with Crippen LogP contribution in [0.25, 0.3) is 0 Å². The summed E-state index contributed by atoms with van der Waals surface area (Å²) in [5, 5.41) is 10.9. The van der Waals surface area contributed by atoms with Gasteiger partial charge in [-0.05, 0) is 12.8 Å². The Kier molecular flexibility index (Phi) is 6.18. The molecule has 1 fully saturated rings. The lowest BCUT2D eigenvalue weighted by Crippen LogP contribution is -2.42. The fourth-order valence-corrected chi connectivity index (χ4v) is 1.92. The summed E-state index contributed by atoms with van der Waals surface area (Å²) in [7, 11) is 0. The molecule has 1 heterocycles. The second-order valence-corrected chi connectivity index (χ2v) is 4.47. The SMILES string of the molecule is O=C(O)CCNC(=O)CN1CCCCCCC1=O. The van der Waals surface area contributed by atoms with Crippen LogP contribution in [-0.2, 0) is 14.4 Å². The standard InChI is InChI=1S/C12H20N2O4/c15-10(13-7-6-12(17)18)9-14-8-4-2-1-3-5-11(14)16/h1-9H2,(H,13,15)(H,17,18). The van der Waals surface area contributed by atoms with Crippen molar-refractivity contribution in [2.75, 3.05) is 19.6 Å². The molecule has 6 heteroatoms. The maximum Gasteiger partial charge on any atom is 0.305 e. The summed E-state index contributed by atoms with van der Waals surface area (Å²) in [6, 6.07) is 0. The average Bonchev–Trinajstić information content (AvgIpc) is 2.28. The monoisotopic (exact) mass is 256 g/mol. The van der Waals surface area contributed by atoms with E-state index in [1.54, 1.807) is 4.90 Å². The zero-order chi connectivity index (χ0) is 13.4. The van der Waals surface area contributed by atoms with Crippen molar-refractivity contribution in [3.8, 4) is 0 Å². The highest BCUT2D eigenvalue weighted by Gasteiger charge is 2.18. The van der Waals surface area contributed by atoms with Gasteiger partial charge in [0.1, 0.15) is 0 Å². The van der Waals surface area contributed by atoms with E-state index < -0.39 is 5.97 Å². The third kappa shape index (κ3) is 5.65. The first-order valence-corrected chi connectivity index (χ1v) is 6.36. The number of carbonyl (C=O) groups is 3. The number of nitrogens with one attached hydrogen (secondary N) is 1. The van der Waals surface area contributed by atoms with E-state index in [1.165, 1.54) is 0 Å². The van der Waals surface area contributed by atoms with Gasteiger partial charge in [0.05, 0.1) is 13.0 Å². The molecule has 0 radical (unpaired) electrons.